The summed E-state index contributed by atoms with van der Waals surface area (Å²) >= 11 is 1.20. The maximum atomic E-state index is 13.5. The van der Waals surface area contributed by atoms with E-state index in [1.165, 1.54) is 35.5 Å². The molecule has 1 unspecified atom stereocenters. The van der Waals surface area contributed by atoms with E-state index in [2.05, 4.69) is 10.2 Å². The van der Waals surface area contributed by atoms with Crippen LogP contribution in [0.25, 0.3) is 16.9 Å². The molecule has 194 valence electrons. The molecular formula is C26H24FN7O3S. The molecule has 4 heterocycles. The van der Waals surface area contributed by atoms with Gasteiger partial charge >= 0.3 is 5.69 Å². The predicted octanol–water partition coefficient (Wildman–Crippen LogP) is 2.34. The molecule has 0 N–H and O–H groups in total. The number of fused-ring (bicyclic) bond motifs is 4. The number of aryl methyl sites for hydroxylation is 1. The Labute approximate surface area is 219 Å². The summed E-state index contributed by atoms with van der Waals surface area (Å²) in [5.74, 6) is 0.0139. The van der Waals surface area contributed by atoms with Gasteiger partial charge in [0.05, 0.1) is 12.3 Å². The molecule has 6 rings (SSSR count). The van der Waals surface area contributed by atoms with E-state index in [0.717, 1.165) is 27.8 Å². The summed E-state index contributed by atoms with van der Waals surface area (Å²) in [6, 6.07) is 13.9. The van der Waals surface area contributed by atoms with E-state index in [1.54, 1.807) is 28.1 Å². The lowest BCUT2D eigenvalue weighted by molar-refractivity contribution is -0.116. The second-order valence-electron chi connectivity index (χ2n) is 9.44. The number of halogens is 1. The van der Waals surface area contributed by atoms with Gasteiger partial charge in [-0.3, -0.25) is 23.3 Å². The van der Waals surface area contributed by atoms with Crippen LogP contribution in [0.4, 0.5) is 10.1 Å². The van der Waals surface area contributed by atoms with Crippen molar-refractivity contribution >= 4 is 40.3 Å². The van der Waals surface area contributed by atoms with Gasteiger partial charge in [-0.2, -0.15) is 0 Å². The second kappa shape index (κ2) is 8.98. The molecule has 0 bridgehead atoms. The molecule has 0 aliphatic carbocycles. The predicted molar refractivity (Wildman–Crippen MR) is 142 cm³/mol. The van der Waals surface area contributed by atoms with E-state index in [-0.39, 0.29) is 35.6 Å². The Balaban J connectivity index is 1.43. The zero-order valence-corrected chi connectivity index (χ0v) is 21.8. The monoisotopic (exact) mass is 533 g/mol. The van der Waals surface area contributed by atoms with Crippen molar-refractivity contribution in [3.8, 4) is 0 Å². The molecule has 1 aliphatic rings. The lowest BCUT2D eigenvalue weighted by atomic mass is 10.1. The van der Waals surface area contributed by atoms with Crippen molar-refractivity contribution in [1.82, 2.24) is 28.3 Å². The zero-order chi connectivity index (χ0) is 26.7. The molecule has 12 heteroatoms. The number of thioether (sulfide) groups is 1. The number of para-hydroxylation sites is 1. The molecule has 1 atom stereocenters. The van der Waals surface area contributed by atoms with E-state index in [4.69, 9.17) is 0 Å². The van der Waals surface area contributed by atoms with Crippen LogP contribution in [0, 0.1) is 5.82 Å². The summed E-state index contributed by atoms with van der Waals surface area (Å²) in [6.07, 6.45) is 0.796. The smallest absolute Gasteiger partial charge is 0.308 e. The summed E-state index contributed by atoms with van der Waals surface area (Å²) in [4.78, 5) is 41.2. The van der Waals surface area contributed by atoms with Crippen LogP contribution in [0.3, 0.4) is 0 Å². The van der Waals surface area contributed by atoms with Crippen molar-refractivity contribution in [2.75, 3.05) is 10.7 Å². The number of hydrogen-bond donors (Lipinski definition) is 0. The summed E-state index contributed by atoms with van der Waals surface area (Å²) in [6.45, 7) is 2.23. The topological polar surface area (TPSA) is 99.4 Å². The van der Waals surface area contributed by atoms with E-state index < -0.39 is 11.2 Å². The van der Waals surface area contributed by atoms with Gasteiger partial charge in [0.1, 0.15) is 5.82 Å². The van der Waals surface area contributed by atoms with E-state index in [0.29, 0.717) is 16.6 Å². The van der Waals surface area contributed by atoms with Crippen LogP contribution in [0.1, 0.15) is 18.1 Å². The Morgan fingerprint density at radius 3 is 2.55 bits per heavy atom. The fourth-order valence-corrected chi connectivity index (χ4v) is 5.97. The van der Waals surface area contributed by atoms with Crippen molar-refractivity contribution in [1.29, 1.82) is 0 Å². The SMILES string of the molecule is CC1Cc2ccccc2N1C(=O)CSc1nnc2n(Cc3ccc(F)cc3)c3c(=O)n(C)c(=O)n(C)c3n12. The van der Waals surface area contributed by atoms with Gasteiger partial charge in [0.25, 0.3) is 5.56 Å². The summed E-state index contributed by atoms with van der Waals surface area (Å²) in [5, 5.41) is 9.03. The minimum Gasteiger partial charge on any atom is -0.308 e. The number of aromatic nitrogens is 6. The maximum Gasteiger partial charge on any atom is 0.332 e. The molecule has 0 radical (unpaired) electrons. The van der Waals surface area contributed by atoms with Gasteiger partial charge in [0.15, 0.2) is 16.3 Å². The van der Waals surface area contributed by atoms with Crippen molar-refractivity contribution in [3.05, 3.63) is 86.3 Å². The number of carbonyl (C=O) groups is 1. The molecule has 0 saturated carbocycles. The van der Waals surface area contributed by atoms with Gasteiger partial charge in [-0.1, -0.05) is 42.1 Å². The van der Waals surface area contributed by atoms with Crippen LogP contribution in [0.15, 0.2) is 63.3 Å². The number of carbonyl (C=O) groups excluding carboxylic acids is 1. The third-order valence-electron chi connectivity index (χ3n) is 7.00. The van der Waals surface area contributed by atoms with Crippen molar-refractivity contribution < 1.29 is 9.18 Å². The molecule has 3 aromatic heterocycles. The first-order valence-corrected chi connectivity index (χ1v) is 13.1. The number of nitrogens with zero attached hydrogens (tertiary/aromatic N) is 7. The molecule has 1 amide bonds. The highest BCUT2D eigenvalue weighted by Crippen LogP contribution is 2.33. The fraction of sp³-hybridized carbons (Fsp3) is 0.269. The van der Waals surface area contributed by atoms with Crippen LogP contribution >= 0.6 is 11.8 Å². The van der Waals surface area contributed by atoms with Crippen molar-refractivity contribution in [3.63, 3.8) is 0 Å². The van der Waals surface area contributed by atoms with Crippen LogP contribution in [-0.4, -0.2) is 46.0 Å². The molecule has 2 aromatic carbocycles. The molecule has 1 aliphatic heterocycles. The van der Waals surface area contributed by atoms with Gasteiger partial charge in [-0.15, -0.1) is 10.2 Å². The van der Waals surface area contributed by atoms with Crippen LogP contribution in [0.5, 0.6) is 0 Å². The van der Waals surface area contributed by atoms with Gasteiger partial charge in [-0.05, 0) is 42.7 Å². The first kappa shape index (κ1) is 24.2. The minimum atomic E-state index is -0.494. The number of hydrogen-bond acceptors (Lipinski definition) is 6. The number of imidazole rings is 1. The normalized spacial score (nSPS) is 15.1. The third-order valence-corrected chi connectivity index (χ3v) is 7.92. The fourth-order valence-electron chi connectivity index (χ4n) is 5.19. The van der Waals surface area contributed by atoms with Crippen LogP contribution < -0.4 is 16.1 Å². The number of benzene rings is 2. The highest BCUT2D eigenvalue weighted by atomic mass is 32.2. The van der Waals surface area contributed by atoms with E-state index in [9.17, 15) is 18.8 Å². The average molecular weight is 534 g/mol. The lowest BCUT2D eigenvalue weighted by Gasteiger charge is -2.22. The first-order valence-electron chi connectivity index (χ1n) is 12.1. The Morgan fingerprint density at radius 2 is 1.79 bits per heavy atom. The van der Waals surface area contributed by atoms with Gasteiger partial charge in [0, 0.05) is 25.8 Å². The molecular weight excluding hydrogens is 509 g/mol. The van der Waals surface area contributed by atoms with Crippen molar-refractivity contribution in [2.45, 2.75) is 31.1 Å². The van der Waals surface area contributed by atoms with Gasteiger partial charge < -0.3 is 4.90 Å². The first-order chi connectivity index (χ1) is 18.3. The summed E-state index contributed by atoms with van der Waals surface area (Å²) in [5.41, 5.74) is 2.42. The summed E-state index contributed by atoms with van der Waals surface area (Å²) < 4.78 is 19.2. The quantitative estimate of drug-likeness (QED) is 0.322. The van der Waals surface area contributed by atoms with E-state index >= 15 is 0 Å². The highest BCUT2D eigenvalue weighted by molar-refractivity contribution is 7.99. The third kappa shape index (κ3) is 3.66. The summed E-state index contributed by atoms with van der Waals surface area (Å²) in [7, 11) is 3.00. The minimum absolute atomic E-state index is 0.0420. The number of amides is 1. The van der Waals surface area contributed by atoms with Crippen LogP contribution in [0.2, 0.25) is 0 Å². The highest BCUT2D eigenvalue weighted by Gasteiger charge is 2.31. The van der Waals surface area contributed by atoms with Gasteiger partial charge in [0.2, 0.25) is 11.7 Å². The zero-order valence-electron chi connectivity index (χ0n) is 21.0. The molecule has 5 aromatic rings. The van der Waals surface area contributed by atoms with Crippen molar-refractivity contribution in [2.24, 2.45) is 14.1 Å². The van der Waals surface area contributed by atoms with E-state index in [1.807, 2.05) is 36.1 Å². The Morgan fingerprint density at radius 1 is 1.05 bits per heavy atom. The van der Waals surface area contributed by atoms with Gasteiger partial charge in [-0.25, -0.2) is 13.6 Å². The molecule has 0 saturated heterocycles. The molecule has 38 heavy (non-hydrogen) atoms. The lowest BCUT2D eigenvalue weighted by Crippen LogP contribution is -2.38. The number of rotatable bonds is 5. The average Bonchev–Trinajstić information content (AvgIpc) is 3.57. The molecule has 0 fully saturated rings. The van der Waals surface area contributed by atoms with Crippen LogP contribution in [-0.2, 0) is 31.9 Å². The Bertz CT molecular complexity index is 1850. The molecule has 0 spiro atoms. The Hall–Kier alpha value is -4.19. The Kier molecular flexibility index (Phi) is 5.71. The second-order valence-corrected chi connectivity index (χ2v) is 10.4. The largest absolute Gasteiger partial charge is 0.332 e. The maximum absolute atomic E-state index is 13.5. The standard InChI is InChI=1S/C26H24FN7O3S/c1-15-12-17-6-4-5-7-19(17)33(15)20(35)14-38-25-29-28-24-32(13-16-8-10-18(27)11-9-16)21-22(34(24)25)30(2)26(37)31(3)23(21)36/h4-11,15H,12-14H2,1-3H3. The number of anilines is 1. The molecule has 10 nitrogen and oxygen atoms in total.